The van der Waals surface area contributed by atoms with Gasteiger partial charge in [-0.2, -0.15) is 0 Å². The Labute approximate surface area is 249 Å². The smallest absolute Gasteiger partial charge is 0.330 e. The monoisotopic (exact) mass is 575 g/mol. The van der Waals surface area contributed by atoms with Gasteiger partial charge in [-0.3, -0.25) is 0 Å². The minimum atomic E-state index is -0.843. The minimum Gasteiger partial charge on any atom is -0.478 e. The molecule has 0 bridgehead atoms. The van der Waals surface area contributed by atoms with Crippen LogP contribution in [0.25, 0.3) is 0 Å². The van der Waals surface area contributed by atoms with E-state index in [2.05, 4.69) is 31.4 Å². The zero-order valence-corrected chi connectivity index (χ0v) is 26.4. The first-order valence-electron chi connectivity index (χ1n) is 16.9. The molecule has 4 fully saturated rings. The Hall–Kier alpha value is -0.990. The number of hydrogen-bond acceptors (Lipinski definition) is 6. The van der Waals surface area contributed by atoms with Crippen LogP contribution in [-0.4, -0.2) is 65.7 Å². The van der Waals surface area contributed by atoms with Crippen LogP contribution < -0.4 is 16.4 Å². The SMILES string of the molecule is C/C(=C\CC[C@@H](C)[C@H]1CCC2C3C(CC(O)[C@@]21C)[C@@]1(C)CC[C@H](NCCCNCCCCN)C[C@@H]1C[C@H]3O)C(=O)O. The summed E-state index contributed by atoms with van der Waals surface area (Å²) in [6, 6.07) is 0.531. The van der Waals surface area contributed by atoms with Gasteiger partial charge in [0.1, 0.15) is 0 Å². The number of unbranched alkanes of at least 4 members (excludes halogenated alkanes) is 1. The summed E-state index contributed by atoms with van der Waals surface area (Å²) in [7, 11) is 0. The number of allylic oxidation sites excluding steroid dienone is 1. The lowest BCUT2D eigenvalue weighted by molar-refractivity contribution is -0.202. The predicted molar refractivity (Wildman–Crippen MR) is 165 cm³/mol. The Morgan fingerprint density at radius 1 is 1.02 bits per heavy atom. The first-order chi connectivity index (χ1) is 19.5. The summed E-state index contributed by atoms with van der Waals surface area (Å²) >= 11 is 0. The third-order valence-electron chi connectivity index (χ3n) is 12.7. The number of hydrogen-bond donors (Lipinski definition) is 6. The number of carbonyl (C=O) groups is 1. The van der Waals surface area contributed by atoms with Crippen molar-refractivity contribution < 1.29 is 20.1 Å². The summed E-state index contributed by atoms with van der Waals surface area (Å²) < 4.78 is 0. The maximum absolute atomic E-state index is 11.9. The molecule has 4 rings (SSSR count). The molecule has 0 heterocycles. The molecule has 0 radical (unpaired) electrons. The van der Waals surface area contributed by atoms with E-state index in [0.717, 1.165) is 90.4 Å². The van der Waals surface area contributed by atoms with Crippen molar-refractivity contribution in [2.45, 2.75) is 123 Å². The number of carboxylic acid groups (broad SMARTS) is 1. The van der Waals surface area contributed by atoms with Crippen LogP contribution in [0.4, 0.5) is 0 Å². The predicted octanol–water partition coefficient (Wildman–Crippen LogP) is 4.71. The highest BCUT2D eigenvalue weighted by atomic mass is 16.4. The summed E-state index contributed by atoms with van der Waals surface area (Å²) in [5.41, 5.74) is 6.01. The van der Waals surface area contributed by atoms with Crippen molar-refractivity contribution in [1.82, 2.24) is 10.6 Å². The molecule has 7 nitrogen and oxygen atoms in total. The molecule has 0 spiro atoms. The van der Waals surface area contributed by atoms with Gasteiger partial charge in [-0.25, -0.2) is 4.79 Å². The molecule has 0 aromatic rings. The normalized spacial score (nSPS) is 41.4. The zero-order chi connectivity index (χ0) is 29.8. The Balaban J connectivity index is 1.35. The van der Waals surface area contributed by atoms with Gasteiger partial charge in [-0.15, -0.1) is 0 Å². The second kappa shape index (κ2) is 14.2. The molecular weight excluding hydrogens is 514 g/mol. The minimum absolute atomic E-state index is 0.173. The number of fused-ring (bicyclic) bond motifs is 5. The van der Waals surface area contributed by atoms with Crippen LogP contribution in [0.5, 0.6) is 0 Å². The van der Waals surface area contributed by atoms with Gasteiger partial charge >= 0.3 is 5.97 Å². The van der Waals surface area contributed by atoms with E-state index in [1.165, 1.54) is 12.8 Å². The lowest BCUT2D eigenvalue weighted by Crippen LogP contribution is -2.62. The molecule has 0 aliphatic heterocycles. The van der Waals surface area contributed by atoms with Gasteiger partial charge in [0, 0.05) is 11.6 Å². The average molecular weight is 576 g/mol. The van der Waals surface area contributed by atoms with Crippen LogP contribution in [0.1, 0.15) is 105 Å². The summed E-state index contributed by atoms with van der Waals surface area (Å²) in [6.45, 7) is 12.7. The summed E-state index contributed by atoms with van der Waals surface area (Å²) in [5.74, 6) is 1.53. The summed E-state index contributed by atoms with van der Waals surface area (Å²) in [4.78, 5) is 11.2. The standard InChI is InChI=1S/C34H61N3O4/c1-22(9-7-10-23(2)32(40)41)26-11-12-27-31-28(21-30(39)34(26,27)4)33(3)14-13-25(19-24(33)20-29(31)38)37-18-8-17-36-16-6-5-15-35/h10,22,24-31,36-39H,5-9,11-21,35H2,1-4H3,(H,40,41)/b23-10+/t22-,24-,25+,26-,27?,28?,29-,30?,31?,33+,34-/m1/s1. The molecule has 4 unspecified atom stereocenters. The Bertz CT molecular complexity index is 897. The Kier molecular flexibility index (Phi) is 11.4. The van der Waals surface area contributed by atoms with E-state index in [1.54, 1.807) is 6.92 Å². The Morgan fingerprint density at radius 2 is 1.78 bits per heavy atom. The van der Waals surface area contributed by atoms with Crippen LogP contribution in [0.2, 0.25) is 0 Å². The quantitative estimate of drug-likeness (QED) is 0.131. The van der Waals surface area contributed by atoms with E-state index in [4.69, 9.17) is 5.73 Å². The van der Waals surface area contributed by atoms with Crippen molar-refractivity contribution in [3.8, 4) is 0 Å². The second-order valence-corrected chi connectivity index (χ2v) is 14.9. The van der Waals surface area contributed by atoms with Crippen molar-refractivity contribution in [1.29, 1.82) is 0 Å². The van der Waals surface area contributed by atoms with Gasteiger partial charge in [-0.05, 0) is 156 Å². The fourth-order valence-electron chi connectivity index (χ4n) is 10.2. The number of aliphatic hydroxyl groups excluding tert-OH is 2. The molecule has 7 heteroatoms. The largest absolute Gasteiger partial charge is 0.478 e. The van der Waals surface area contributed by atoms with E-state index in [-0.39, 0.29) is 29.0 Å². The van der Waals surface area contributed by atoms with Crippen LogP contribution in [0.3, 0.4) is 0 Å². The number of nitrogens with two attached hydrogens (primary N) is 1. The molecule has 4 saturated carbocycles. The van der Waals surface area contributed by atoms with Gasteiger partial charge in [0.2, 0.25) is 0 Å². The average Bonchev–Trinajstić information content (AvgIpc) is 3.29. The molecule has 0 aromatic heterocycles. The molecule has 11 atom stereocenters. The van der Waals surface area contributed by atoms with Crippen LogP contribution in [0, 0.1) is 46.3 Å². The fourth-order valence-corrected chi connectivity index (χ4v) is 10.2. The second-order valence-electron chi connectivity index (χ2n) is 14.9. The highest BCUT2D eigenvalue weighted by Gasteiger charge is 2.65. The number of rotatable bonds is 14. The van der Waals surface area contributed by atoms with Crippen molar-refractivity contribution in [3.05, 3.63) is 11.6 Å². The zero-order valence-electron chi connectivity index (χ0n) is 26.4. The third-order valence-corrected chi connectivity index (χ3v) is 12.7. The van der Waals surface area contributed by atoms with Crippen molar-refractivity contribution in [2.24, 2.45) is 52.1 Å². The van der Waals surface area contributed by atoms with E-state index >= 15 is 0 Å². The molecule has 0 aromatic carbocycles. The number of aliphatic hydroxyl groups is 2. The Morgan fingerprint density at radius 3 is 2.51 bits per heavy atom. The lowest BCUT2D eigenvalue weighted by atomic mass is 9.43. The first kappa shape index (κ1) is 32.9. The summed E-state index contributed by atoms with van der Waals surface area (Å²) in [6.07, 6.45) is 13.8. The van der Waals surface area contributed by atoms with E-state index < -0.39 is 5.97 Å². The van der Waals surface area contributed by atoms with Gasteiger partial charge < -0.3 is 31.7 Å². The summed E-state index contributed by atoms with van der Waals surface area (Å²) in [5, 5.41) is 40.1. The lowest BCUT2D eigenvalue weighted by Gasteiger charge is -2.63. The maximum atomic E-state index is 11.9. The molecular formula is C34H61N3O4. The fraction of sp³-hybridized carbons (Fsp3) is 0.912. The van der Waals surface area contributed by atoms with E-state index in [9.17, 15) is 20.1 Å². The molecule has 7 N–H and O–H groups in total. The maximum Gasteiger partial charge on any atom is 0.330 e. The highest BCUT2D eigenvalue weighted by molar-refractivity contribution is 5.85. The highest BCUT2D eigenvalue weighted by Crippen LogP contribution is 2.68. The van der Waals surface area contributed by atoms with Crippen LogP contribution in [-0.2, 0) is 4.79 Å². The van der Waals surface area contributed by atoms with Gasteiger partial charge in [-0.1, -0.05) is 26.8 Å². The van der Waals surface area contributed by atoms with E-state index in [0.29, 0.717) is 41.2 Å². The van der Waals surface area contributed by atoms with Crippen molar-refractivity contribution >= 4 is 5.97 Å². The third kappa shape index (κ3) is 6.90. The van der Waals surface area contributed by atoms with E-state index in [1.807, 2.05) is 6.08 Å². The number of carboxylic acids is 1. The molecule has 4 aliphatic carbocycles. The van der Waals surface area contributed by atoms with Crippen LogP contribution >= 0.6 is 0 Å². The van der Waals surface area contributed by atoms with Crippen molar-refractivity contribution in [2.75, 3.05) is 26.2 Å². The van der Waals surface area contributed by atoms with Gasteiger partial charge in [0.15, 0.2) is 0 Å². The number of nitrogens with one attached hydrogen (secondary N) is 2. The topological polar surface area (TPSA) is 128 Å². The molecule has 41 heavy (non-hydrogen) atoms. The molecule has 236 valence electrons. The molecule has 4 aliphatic rings. The number of aliphatic carboxylic acids is 1. The van der Waals surface area contributed by atoms with Gasteiger partial charge in [0.05, 0.1) is 12.2 Å². The molecule has 0 saturated heterocycles. The van der Waals surface area contributed by atoms with Crippen molar-refractivity contribution in [3.63, 3.8) is 0 Å². The van der Waals surface area contributed by atoms with Gasteiger partial charge in [0.25, 0.3) is 0 Å². The first-order valence-corrected chi connectivity index (χ1v) is 16.9. The van der Waals surface area contributed by atoms with Crippen LogP contribution in [0.15, 0.2) is 11.6 Å². The molecule has 0 amide bonds.